The van der Waals surface area contributed by atoms with E-state index in [-0.39, 0.29) is 18.6 Å². The van der Waals surface area contributed by atoms with E-state index in [1.165, 1.54) is 19.3 Å². The highest BCUT2D eigenvalue weighted by molar-refractivity contribution is 5.95. The minimum absolute atomic E-state index is 0.00826. The molecule has 25 heavy (non-hydrogen) atoms. The zero-order chi connectivity index (χ0) is 17.5. The van der Waals surface area contributed by atoms with E-state index in [2.05, 4.69) is 0 Å². The minimum atomic E-state index is 0.00826. The van der Waals surface area contributed by atoms with Crippen LogP contribution in [0.25, 0.3) is 0 Å². The van der Waals surface area contributed by atoms with Gasteiger partial charge in [-0.3, -0.25) is 4.79 Å². The molecule has 0 aliphatic heterocycles. The SMILES string of the molecule is COc1ccc(OCC(=O)N(c2ccccc2)C2CCCCC2)cc1. The fraction of sp³-hybridized carbons (Fsp3) is 0.381. The van der Waals surface area contributed by atoms with Crippen molar-refractivity contribution in [3.05, 3.63) is 54.6 Å². The normalized spacial score (nSPS) is 14.8. The van der Waals surface area contributed by atoms with E-state index < -0.39 is 0 Å². The maximum Gasteiger partial charge on any atom is 0.265 e. The second-order valence-electron chi connectivity index (χ2n) is 6.36. The Morgan fingerprint density at radius 3 is 2.24 bits per heavy atom. The van der Waals surface area contributed by atoms with Crippen LogP contribution in [0.5, 0.6) is 11.5 Å². The summed E-state index contributed by atoms with van der Waals surface area (Å²) < 4.78 is 10.9. The molecule has 0 N–H and O–H groups in total. The lowest BCUT2D eigenvalue weighted by molar-refractivity contribution is -0.121. The first kappa shape index (κ1) is 17.3. The van der Waals surface area contributed by atoms with Gasteiger partial charge in [-0.05, 0) is 49.2 Å². The summed E-state index contributed by atoms with van der Waals surface area (Å²) in [6.45, 7) is 0.0394. The summed E-state index contributed by atoms with van der Waals surface area (Å²) in [5, 5.41) is 0. The second-order valence-corrected chi connectivity index (χ2v) is 6.36. The average Bonchev–Trinajstić information content (AvgIpc) is 2.69. The molecule has 3 rings (SSSR count). The third-order valence-electron chi connectivity index (χ3n) is 4.66. The second kappa shape index (κ2) is 8.56. The van der Waals surface area contributed by atoms with Crippen molar-refractivity contribution in [1.29, 1.82) is 0 Å². The Bertz CT molecular complexity index is 663. The maximum absolute atomic E-state index is 12.9. The van der Waals surface area contributed by atoms with Crippen LogP contribution in [0.1, 0.15) is 32.1 Å². The van der Waals surface area contributed by atoms with Crippen LogP contribution in [0, 0.1) is 0 Å². The van der Waals surface area contributed by atoms with E-state index in [1.54, 1.807) is 7.11 Å². The molecule has 0 radical (unpaired) electrons. The Morgan fingerprint density at radius 1 is 0.960 bits per heavy atom. The van der Waals surface area contributed by atoms with Crippen molar-refractivity contribution in [2.45, 2.75) is 38.1 Å². The standard InChI is InChI=1S/C21H25NO3/c1-24-19-12-14-20(15-13-19)25-16-21(23)22(17-8-4-2-5-9-17)18-10-6-3-7-11-18/h2,4-5,8-9,12-15,18H,3,6-7,10-11,16H2,1H3. The number of methoxy groups -OCH3 is 1. The zero-order valence-corrected chi connectivity index (χ0v) is 14.7. The van der Waals surface area contributed by atoms with Gasteiger partial charge in [-0.15, -0.1) is 0 Å². The van der Waals surface area contributed by atoms with Gasteiger partial charge in [0, 0.05) is 11.7 Å². The van der Waals surface area contributed by atoms with E-state index >= 15 is 0 Å². The smallest absolute Gasteiger partial charge is 0.265 e. The number of carbonyl (C=O) groups excluding carboxylic acids is 1. The van der Waals surface area contributed by atoms with Gasteiger partial charge in [-0.25, -0.2) is 0 Å². The maximum atomic E-state index is 12.9. The first-order valence-corrected chi connectivity index (χ1v) is 8.92. The Hall–Kier alpha value is -2.49. The van der Waals surface area contributed by atoms with Gasteiger partial charge in [0.25, 0.3) is 5.91 Å². The van der Waals surface area contributed by atoms with Crippen molar-refractivity contribution in [1.82, 2.24) is 0 Å². The lowest BCUT2D eigenvalue weighted by atomic mass is 9.93. The Labute approximate surface area is 149 Å². The molecule has 0 atom stereocenters. The highest BCUT2D eigenvalue weighted by atomic mass is 16.5. The third kappa shape index (κ3) is 4.53. The summed E-state index contributed by atoms with van der Waals surface area (Å²) in [6.07, 6.45) is 5.74. The number of benzene rings is 2. The van der Waals surface area contributed by atoms with Gasteiger partial charge >= 0.3 is 0 Å². The lowest BCUT2D eigenvalue weighted by Gasteiger charge is -2.34. The van der Waals surface area contributed by atoms with Crippen LogP contribution >= 0.6 is 0 Å². The van der Waals surface area contributed by atoms with Crippen molar-refractivity contribution in [2.24, 2.45) is 0 Å². The quantitative estimate of drug-likeness (QED) is 0.781. The Balaban J connectivity index is 1.69. The van der Waals surface area contributed by atoms with Crippen molar-refractivity contribution >= 4 is 11.6 Å². The average molecular weight is 339 g/mol. The van der Waals surface area contributed by atoms with Crippen molar-refractivity contribution in [2.75, 3.05) is 18.6 Å². The first-order chi connectivity index (χ1) is 12.3. The van der Waals surface area contributed by atoms with E-state index in [0.717, 1.165) is 24.3 Å². The van der Waals surface area contributed by atoms with E-state index in [1.807, 2.05) is 59.5 Å². The van der Waals surface area contributed by atoms with Gasteiger partial charge in [-0.1, -0.05) is 37.5 Å². The Morgan fingerprint density at radius 2 is 1.60 bits per heavy atom. The lowest BCUT2D eigenvalue weighted by Crippen LogP contribution is -2.44. The third-order valence-corrected chi connectivity index (χ3v) is 4.66. The van der Waals surface area contributed by atoms with Crippen molar-refractivity contribution < 1.29 is 14.3 Å². The molecule has 2 aromatic rings. The van der Waals surface area contributed by atoms with Crippen LogP contribution in [-0.4, -0.2) is 25.7 Å². The summed E-state index contributed by atoms with van der Waals surface area (Å²) >= 11 is 0. The summed E-state index contributed by atoms with van der Waals surface area (Å²) in [7, 11) is 1.63. The summed E-state index contributed by atoms with van der Waals surface area (Å²) in [4.78, 5) is 14.8. The fourth-order valence-electron chi connectivity index (χ4n) is 3.37. The predicted molar refractivity (Wildman–Crippen MR) is 99.3 cm³/mol. The number of amides is 1. The number of hydrogen-bond acceptors (Lipinski definition) is 3. The van der Waals surface area contributed by atoms with E-state index in [9.17, 15) is 4.79 Å². The van der Waals surface area contributed by atoms with E-state index in [4.69, 9.17) is 9.47 Å². The highest BCUT2D eigenvalue weighted by Gasteiger charge is 2.27. The van der Waals surface area contributed by atoms with Gasteiger partial charge in [0.05, 0.1) is 7.11 Å². The molecule has 4 nitrogen and oxygen atoms in total. The fourth-order valence-corrected chi connectivity index (χ4v) is 3.37. The van der Waals surface area contributed by atoms with Gasteiger partial charge in [0.1, 0.15) is 11.5 Å². The molecule has 0 heterocycles. The molecule has 0 saturated heterocycles. The van der Waals surface area contributed by atoms with Crippen LogP contribution in [0.15, 0.2) is 54.6 Å². The number of hydrogen-bond donors (Lipinski definition) is 0. The zero-order valence-electron chi connectivity index (χ0n) is 14.7. The molecule has 1 aliphatic carbocycles. The molecule has 0 aromatic heterocycles. The topological polar surface area (TPSA) is 38.8 Å². The molecule has 1 aliphatic rings. The molecular weight excluding hydrogens is 314 g/mol. The first-order valence-electron chi connectivity index (χ1n) is 8.92. The van der Waals surface area contributed by atoms with Gasteiger partial charge < -0.3 is 14.4 Å². The molecule has 2 aromatic carbocycles. The van der Waals surface area contributed by atoms with Crippen LogP contribution in [-0.2, 0) is 4.79 Å². The van der Waals surface area contributed by atoms with Crippen LogP contribution in [0.4, 0.5) is 5.69 Å². The molecule has 1 fully saturated rings. The number of rotatable bonds is 6. The monoisotopic (exact) mass is 339 g/mol. The van der Waals surface area contributed by atoms with Gasteiger partial charge in [-0.2, -0.15) is 0 Å². The molecule has 4 heteroatoms. The number of carbonyl (C=O) groups is 1. The number of anilines is 1. The van der Waals surface area contributed by atoms with Crippen LogP contribution < -0.4 is 14.4 Å². The molecular formula is C21H25NO3. The van der Waals surface area contributed by atoms with Crippen LogP contribution in [0.3, 0.4) is 0 Å². The van der Waals surface area contributed by atoms with Gasteiger partial charge in [0.2, 0.25) is 0 Å². The number of para-hydroxylation sites is 1. The highest BCUT2D eigenvalue weighted by Crippen LogP contribution is 2.27. The van der Waals surface area contributed by atoms with E-state index in [0.29, 0.717) is 5.75 Å². The largest absolute Gasteiger partial charge is 0.497 e. The van der Waals surface area contributed by atoms with Crippen molar-refractivity contribution in [3.8, 4) is 11.5 Å². The predicted octanol–water partition coefficient (Wildman–Crippen LogP) is 4.44. The van der Waals surface area contributed by atoms with Crippen molar-refractivity contribution in [3.63, 3.8) is 0 Å². The summed E-state index contributed by atoms with van der Waals surface area (Å²) in [5.74, 6) is 1.45. The minimum Gasteiger partial charge on any atom is -0.497 e. The number of ether oxygens (including phenoxy) is 2. The number of nitrogens with zero attached hydrogens (tertiary/aromatic N) is 1. The molecule has 1 saturated carbocycles. The Kier molecular flexibility index (Phi) is 5.94. The molecule has 0 unspecified atom stereocenters. The molecule has 1 amide bonds. The van der Waals surface area contributed by atoms with Crippen LogP contribution in [0.2, 0.25) is 0 Å². The summed E-state index contributed by atoms with van der Waals surface area (Å²) in [5.41, 5.74) is 0.956. The molecule has 0 spiro atoms. The molecule has 0 bridgehead atoms. The summed E-state index contributed by atoms with van der Waals surface area (Å²) in [6, 6.07) is 17.5. The van der Waals surface area contributed by atoms with Gasteiger partial charge in [0.15, 0.2) is 6.61 Å². The molecule has 132 valence electrons.